The highest BCUT2D eigenvalue weighted by molar-refractivity contribution is 5.93. The minimum Gasteiger partial charge on any atom is -0.305 e. The van der Waals surface area contributed by atoms with E-state index in [-0.39, 0.29) is 5.91 Å². The molecular formula is C14H23N5O. The zero-order chi connectivity index (χ0) is 14.5. The molecule has 0 spiro atoms. The minimum atomic E-state index is -0.311. The van der Waals surface area contributed by atoms with E-state index in [0.29, 0.717) is 11.6 Å². The molecule has 0 bridgehead atoms. The number of nitrogens with two attached hydrogens (primary N) is 1. The molecule has 1 aliphatic heterocycles. The normalized spacial score (nSPS) is 21.4. The van der Waals surface area contributed by atoms with Gasteiger partial charge in [0.1, 0.15) is 0 Å². The van der Waals surface area contributed by atoms with Crippen LogP contribution >= 0.6 is 0 Å². The number of likely N-dealkylation sites (N-methyl/N-ethyl adjacent to an activating group) is 1. The van der Waals surface area contributed by atoms with Gasteiger partial charge in [0, 0.05) is 31.9 Å². The molecule has 0 aliphatic carbocycles. The number of carbonyl (C=O) groups excluding carboxylic acids is 1. The van der Waals surface area contributed by atoms with E-state index in [1.807, 2.05) is 6.07 Å². The number of hydrogen-bond donors (Lipinski definition) is 2. The summed E-state index contributed by atoms with van der Waals surface area (Å²) in [4.78, 5) is 20.5. The van der Waals surface area contributed by atoms with Gasteiger partial charge in [-0.3, -0.25) is 20.1 Å². The van der Waals surface area contributed by atoms with Gasteiger partial charge in [-0.2, -0.15) is 0 Å². The molecule has 3 N–H and O–H groups in total. The molecule has 1 aliphatic rings. The van der Waals surface area contributed by atoms with Gasteiger partial charge in [0.25, 0.3) is 5.91 Å². The number of nitrogens with one attached hydrogen (secondary N) is 1. The van der Waals surface area contributed by atoms with Crippen molar-refractivity contribution in [3.63, 3.8) is 0 Å². The van der Waals surface area contributed by atoms with E-state index in [0.717, 1.165) is 31.9 Å². The zero-order valence-electron chi connectivity index (χ0n) is 12.2. The first-order valence-electron chi connectivity index (χ1n) is 6.98. The SMILES string of the molecule is CC1CN(C)CCCN1Cc1ccc(C(=O)NN)cn1. The molecule has 1 unspecified atom stereocenters. The van der Waals surface area contributed by atoms with Gasteiger partial charge >= 0.3 is 0 Å². The highest BCUT2D eigenvalue weighted by Gasteiger charge is 2.19. The monoisotopic (exact) mass is 277 g/mol. The van der Waals surface area contributed by atoms with Crippen LogP contribution in [0.1, 0.15) is 29.4 Å². The van der Waals surface area contributed by atoms with Gasteiger partial charge in [-0.05, 0) is 39.1 Å². The third-order valence-electron chi connectivity index (χ3n) is 3.77. The van der Waals surface area contributed by atoms with E-state index in [9.17, 15) is 4.79 Å². The van der Waals surface area contributed by atoms with Gasteiger partial charge in [-0.15, -0.1) is 0 Å². The Bertz CT molecular complexity index is 447. The predicted molar refractivity (Wildman–Crippen MR) is 77.9 cm³/mol. The Balaban J connectivity index is 2.00. The number of hydrogen-bond acceptors (Lipinski definition) is 5. The standard InChI is InChI=1S/C14H23N5O/c1-11-9-18(2)6-3-7-19(11)10-13-5-4-12(8-16-13)14(20)17-15/h4-5,8,11H,3,6-7,9-10,15H2,1-2H3,(H,17,20). The van der Waals surface area contributed by atoms with Gasteiger partial charge in [0.2, 0.25) is 0 Å². The smallest absolute Gasteiger partial charge is 0.266 e. The number of hydrazine groups is 1. The van der Waals surface area contributed by atoms with Crippen LogP contribution in [0.15, 0.2) is 18.3 Å². The molecule has 1 amide bonds. The van der Waals surface area contributed by atoms with Crippen LogP contribution in [0.2, 0.25) is 0 Å². The van der Waals surface area contributed by atoms with Gasteiger partial charge < -0.3 is 4.90 Å². The number of carbonyl (C=O) groups is 1. The quantitative estimate of drug-likeness (QED) is 0.469. The van der Waals surface area contributed by atoms with Crippen LogP contribution in [0.4, 0.5) is 0 Å². The number of aromatic nitrogens is 1. The molecule has 1 aromatic heterocycles. The second kappa shape index (κ2) is 6.78. The summed E-state index contributed by atoms with van der Waals surface area (Å²) in [6.45, 7) is 6.37. The van der Waals surface area contributed by atoms with Gasteiger partial charge in [0.05, 0.1) is 11.3 Å². The average Bonchev–Trinajstić information content (AvgIpc) is 2.60. The van der Waals surface area contributed by atoms with Crippen LogP contribution < -0.4 is 11.3 Å². The molecule has 1 fully saturated rings. The molecule has 6 nitrogen and oxygen atoms in total. The maximum Gasteiger partial charge on any atom is 0.266 e. The Kier molecular flexibility index (Phi) is 5.05. The summed E-state index contributed by atoms with van der Waals surface area (Å²) in [5.74, 6) is 4.79. The first-order valence-corrected chi connectivity index (χ1v) is 6.98. The lowest BCUT2D eigenvalue weighted by atomic mass is 10.2. The predicted octanol–water partition coefficient (Wildman–Crippen LogP) is 0.211. The summed E-state index contributed by atoms with van der Waals surface area (Å²) < 4.78 is 0. The topological polar surface area (TPSA) is 74.5 Å². The molecule has 1 aromatic rings. The molecule has 0 radical (unpaired) electrons. The summed E-state index contributed by atoms with van der Waals surface area (Å²) in [5, 5.41) is 0. The molecular weight excluding hydrogens is 254 g/mol. The fourth-order valence-corrected chi connectivity index (χ4v) is 2.60. The average molecular weight is 277 g/mol. The maximum absolute atomic E-state index is 11.4. The molecule has 20 heavy (non-hydrogen) atoms. The van der Waals surface area contributed by atoms with Crippen molar-refractivity contribution in [3.8, 4) is 0 Å². The fraction of sp³-hybridized carbons (Fsp3) is 0.571. The Morgan fingerprint density at radius 3 is 2.95 bits per heavy atom. The molecule has 1 saturated heterocycles. The van der Waals surface area contributed by atoms with Crippen LogP contribution in [0.25, 0.3) is 0 Å². The van der Waals surface area contributed by atoms with Crippen LogP contribution in [0.3, 0.4) is 0 Å². The van der Waals surface area contributed by atoms with Crippen molar-refractivity contribution in [2.75, 3.05) is 26.7 Å². The number of rotatable bonds is 3. The molecule has 2 rings (SSSR count). The summed E-state index contributed by atoms with van der Waals surface area (Å²) in [7, 11) is 2.17. The van der Waals surface area contributed by atoms with Crippen LogP contribution in [0.5, 0.6) is 0 Å². The Labute approximate surface area is 119 Å². The highest BCUT2D eigenvalue weighted by atomic mass is 16.2. The lowest BCUT2D eigenvalue weighted by molar-refractivity contribution is 0.0953. The maximum atomic E-state index is 11.4. The van der Waals surface area contributed by atoms with Crippen molar-refractivity contribution in [1.82, 2.24) is 20.2 Å². The fourth-order valence-electron chi connectivity index (χ4n) is 2.60. The second-order valence-corrected chi connectivity index (χ2v) is 5.45. The largest absolute Gasteiger partial charge is 0.305 e. The van der Waals surface area contributed by atoms with E-state index >= 15 is 0 Å². The van der Waals surface area contributed by atoms with E-state index in [2.05, 4.69) is 34.2 Å². The number of nitrogen functional groups attached to an aromatic ring is 1. The van der Waals surface area contributed by atoms with Gasteiger partial charge in [-0.25, -0.2) is 5.84 Å². The Morgan fingerprint density at radius 1 is 1.50 bits per heavy atom. The summed E-state index contributed by atoms with van der Waals surface area (Å²) >= 11 is 0. The van der Waals surface area contributed by atoms with Crippen molar-refractivity contribution in [2.45, 2.75) is 25.9 Å². The van der Waals surface area contributed by atoms with Crippen molar-refractivity contribution in [1.29, 1.82) is 0 Å². The zero-order valence-corrected chi connectivity index (χ0v) is 12.2. The second-order valence-electron chi connectivity index (χ2n) is 5.45. The van der Waals surface area contributed by atoms with E-state index in [1.165, 1.54) is 6.42 Å². The molecule has 0 saturated carbocycles. The lowest BCUT2D eigenvalue weighted by Gasteiger charge is -2.27. The minimum absolute atomic E-state index is 0.311. The Hall–Kier alpha value is -1.50. The third kappa shape index (κ3) is 3.75. The molecule has 0 aromatic carbocycles. The third-order valence-corrected chi connectivity index (χ3v) is 3.77. The first kappa shape index (κ1) is 14.9. The molecule has 6 heteroatoms. The van der Waals surface area contributed by atoms with E-state index in [4.69, 9.17) is 5.84 Å². The van der Waals surface area contributed by atoms with Crippen LogP contribution in [-0.4, -0.2) is 53.4 Å². The lowest BCUT2D eigenvalue weighted by Crippen LogP contribution is -2.37. The van der Waals surface area contributed by atoms with Gasteiger partial charge in [0.15, 0.2) is 0 Å². The molecule has 110 valence electrons. The Morgan fingerprint density at radius 2 is 2.30 bits per heavy atom. The van der Waals surface area contributed by atoms with Crippen molar-refractivity contribution >= 4 is 5.91 Å². The summed E-state index contributed by atoms with van der Waals surface area (Å²) in [6, 6.07) is 4.17. The van der Waals surface area contributed by atoms with E-state index < -0.39 is 0 Å². The van der Waals surface area contributed by atoms with E-state index in [1.54, 1.807) is 12.3 Å². The summed E-state index contributed by atoms with van der Waals surface area (Å²) in [5.41, 5.74) is 3.57. The van der Waals surface area contributed by atoms with Crippen LogP contribution in [-0.2, 0) is 6.54 Å². The molecule has 1 atom stereocenters. The van der Waals surface area contributed by atoms with Crippen molar-refractivity contribution in [2.24, 2.45) is 5.84 Å². The number of nitrogens with zero attached hydrogens (tertiary/aromatic N) is 3. The first-order chi connectivity index (χ1) is 9.60. The van der Waals surface area contributed by atoms with Crippen LogP contribution in [0, 0.1) is 0 Å². The summed E-state index contributed by atoms with van der Waals surface area (Å²) in [6.07, 6.45) is 2.75. The molecule has 2 heterocycles. The van der Waals surface area contributed by atoms with Gasteiger partial charge in [-0.1, -0.05) is 0 Å². The number of pyridine rings is 1. The van der Waals surface area contributed by atoms with Crippen molar-refractivity contribution < 1.29 is 4.79 Å². The van der Waals surface area contributed by atoms with Crippen molar-refractivity contribution in [3.05, 3.63) is 29.6 Å². The number of amides is 1. The highest BCUT2D eigenvalue weighted by Crippen LogP contribution is 2.12.